The summed E-state index contributed by atoms with van der Waals surface area (Å²) in [4.78, 5) is 10.7. The molecule has 1 atom stereocenters. The summed E-state index contributed by atoms with van der Waals surface area (Å²) < 4.78 is 9.95. The standard InChI is InChI=1S/C11H14O5/c1-15-6-7-5-8(16-2)3-4-9(7)10(12)11(13)14/h3-5,10,12H,6H2,1-2H3,(H,13,14). The van der Waals surface area contributed by atoms with Gasteiger partial charge in [0.05, 0.1) is 13.7 Å². The van der Waals surface area contributed by atoms with E-state index in [0.29, 0.717) is 16.9 Å². The number of benzene rings is 1. The fourth-order valence-electron chi connectivity index (χ4n) is 1.39. The Morgan fingerprint density at radius 1 is 1.44 bits per heavy atom. The molecule has 0 spiro atoms. The molecule has 5 heteroatoms. The van der Waals surface area contributed by atoms with Crippen LogP contribution in [0, 0.1) is 0 Å². The predicted octanol–water partition coefficient (Wildman–Crippen LogP) is 0.960. The van der Waals surface area contributed by atoms with Crippen LogP contribution in [-0.2, 0) is 16.1 Å². The molecule has 1 unspecified atom stereocenters. The minimum Gasteiger partial charge on any atom is -0.497 e. The molecule has 5 nitrogen and oxygen atoms in total. The van der Waals surface area contributed by atoms with Crippen LogP contribution in [0.1, 0.15) is 17.2 Å². The van der Waals surface area contributed by atoms with Gasteiger partial charge in [-0.05, 0) is 23.3 Å². The first kappa shape index (κ1) is 12.5. The number of aliphatic hydroxyl groups is 1. The van der Waals surface area contributed by atoms with E-state index in [9.17, 15) is 9.90 Å². The highest BCUT2D eigenvalue weighted by Crippen LogP contribution is 2.24. The monoisotopic (exact) mass is 226 g/mol. The third-order valence-electron chi connectivity index (χ3n) is 2.18. The van der Waals surface area contributed by atoms with Gasteiger partial charge in [0.25, 0.3) is 0 Å². The molecule has 0 aliphatic heterocycles. The molecule has 1 aromatic rings. The van der Waals surface area contributed by atoms with Gasteiger partial charge in [0.2, 0.25) is 0 Å². The zero-order valence-electron chi connectivity index (χ0n) is 9.14. The van der Waals surface area contributed by atoms with E-state index in [2.05, 4.69) is 0 Å². The summed E-state index contributed by atoms with van der Waals surface area (Å²) in [6.07, 6.45) is -1.55. The molecule has 88 valence electrons. The van der Waals surface area contributed by atoms with Crippen LogP contribution in [0.15, 0.2) is 18.2 Å². The second kappa shape index (κ2) is 5.48. The highest BCUT2D eigenvalue weighted by atomic mass is 16.5. The van der Waals surface area contributed by atoms with Crippen LogP contribution in [0.2, 0.25) is 0 Å². The summed E-state index contributed by atoms with van der Waals surface area (Å²) in [5, 5.41) is 18.2. The zero-order valence-corrected chi connectivity index (χ0v) is 9.14. The van der Waals surface area contributed by atoms with Gasteiger partial charge in [0.15, 0.2) is 6.10 Å². The first-order valence-electron chi connectivity index (χ1n) is 4.66. The number of carboxylic acids is 1. The van der Waals surface area contributed by atoms with Crippen molar-refractivity contribution in [1.29, 1.82) is 0 Å². The van der Waals surface area contributed by atoms with Gasteiger partial charge in [-0.1, -0.05) is 6.07 Å². The molecule has 16 heavy (non-hydrogen) atoms. The first-order valence-corrected chi connectivity index (χ1v) is 4.66. The van der Waals surface area contributed by atoms with Crippen LogP contribution in [0.25, 0.3) is 0 Å². The van der Waals surface area contributed by atoms with Gasteiger partial charge in [-0.3, -0.25) is 0 Å². The zero-order chi connectivity index (χ0) is 12.1. The Bertz CT molecular complexity index is 375. The number of hydrogen-bond acceptors (Lipinski definition) is 4. The van der Waals surface area contributed by atoms with Crippen molar-refractivity contribution in [3.8, 4) is 5.75 Å². The van der Waals surface area contributed by atoms with Crippen molar-refractivity contribution >= 4 is 5.97 Å². The highest BCUT2D eigenvalue weighted by molar-refractivity contribution is 5.74. The largest absolute Gasteiger partial charge is 0.497 e. The number of methoxy groups -OCH3 is 2. The second-order valence-electron chi connectivity index (χ2n) is 3.24. The van der Waals surface area contributed by atoms with E-state index in [1.165, 1.54) is 20.3 Å². The number of carboxylic acid groups (broad SMARTS) is 1. The van der Waals surface area contributed by atoms with E-state index < -0.39 is 12.1 Å². The highest BCUT2D eigenvalue weighted by Gasteiger charge is 2.19. The van der Waals surface area contributed by atoms with Crippen molar-refractivity contribution in [2.75, 3.05) is 14.2 Å². The maximum atomic E-state index is 10.7. The van der Waals surface area contributed by atoms with Crippen LogP contribution in [0.4, 0.5) is 0 Å². The summed E-state index contributed by atoms with van der Waals surface area (Å²) in [6, 6.07) is 4.76. The molecule has 0 radical (unpaired) electrons. The van der Waals surface area contributed by atoms with Crippen molar-refractivity contribution in [2.45, 2.75) is 12.7 Å². The van der Waals surface area contributed by atoms with Crippen LogP contribution >= 0.6 is 0 Å². The third kappa shape index (κ3) is 2.71. The minimum atomic E-state index is -1.55. The molecule has 0 saturated heterocycles. The lowest BCUT2D eigenvalue weighted by molar-refractivity contribution is -0.147. The quantitative estimate of drug-likeness (QED) is 0.782. The molecule has 0 aromatic heterocycles. The van der Waals surface area contributed by atoms with Gasteiger partial charge in [-0.2, -0.15) is 0 Å². The average Bonchev–Trinajstić information content (AvgIpc) is 2.28. The molecular formula is C11H14O5. The molecule has 2 N–H and O–H groups in total. The maximum absolute atomic E-state index is 10.7. The fraction of sp³-hybridized carbons (Fsp3) is 0.364. The maximum Gasteiger partial charge on any atom is 0.337 e. The summed E-state index contributed by atoms with van der Waals surface area (Å²) >= 11 is 0. The van der Waals surface area contributed by atoms with Crippen molar-refractivity contribution < 1.29 is 24.5 Å². The SMILES string of the molecule is COCc1cc(OC)ccc1C(O)C(=O)O. The lowest BCUT2D eigenvalue weighted by Crippen LogP contribution is -2.13. The van der Waals surface area contributed by atoms with Crippen molar-refractivity contribution in [2.24, 2.45) is 0 Å². The molecular weight excluding hydrogens is 212 g/mol. The van der Waals surface area contributed by atoms with Gasteiger partial charge in [0, 0.05) is 7.11 Å². The molecule has 0 aliphatic carbocycles. The lowest BCUT2D eigenvalue weighted by atomic mass is 10.0. The Morgan fingerprint density at radius 3 is 2.62 bits per heavy atom. The van der Waals surface area contributed by atoms with Crippen LogP contribution in [0.5, 0.6) is 5.75 Å². The number of aliphatic hydroxyl groups excluding tert-OH is 1. The smallest absolute Gasteiger partial charge is 0.337 e. The van der Waals surface area contributed by atoms with E-state index >= 15 is 0 Å². The van der Waals surface area contributed by atoms with E-state index in [-0.39, 0.29) is 6.61 Å². The number of rotatable bonds is 5. The molecule has 1 rings (SSSR count). The van der Waals surface area contributed by atoms with E-state index in [1.807, 2.05) is 0 Å². The van der Waals surface area contributed by atoms with Gasteiger partial charge in [0.1, 0.15) is 5.75 Å². The molecule has 0 fully saturated rings. The van der Waals surface area contributed by atoms with Gasteiger partial charge in [-0.25, -0.2) is 4.79 Å². The second-order valence-corrected chi connectivity index (χ2v) is 3.24. The van der Waals surface area contributed by atoms with E-state index in [4.69, 9.17) is 14.6 Å². The summed E-state index contributed by atoms with van der Waals surface area (Å²) in [6.45, 7) is 0.219. The molecule has 0 aliphatic rings. The van der Waals surface area contributed by atoms with E-state index in [0.717, 1.165) is 0 Å². The van der Waals surface area contributed by atoms with Crippen LogP contribution < -0.4 is 4.74 Å². The van der Waals surface area contributed by atoms with Gasteiger partial charge >= 0.3 is 5.97 Å². The number of carbonyl (C=O) groups is 1. The third-order valence-corrected chi connectivity index (χ3v) is 2.18. The summed E-state index contributed by atoms with van der Waals surface area (Å²) in [7, 11) is 3.01. The molecule has 1 aromatic carbocycles. The fourth-order valence-corrected chi connectivity index (χ4v) is 1.39. The Kier molecular flexibility index (Phi) is 4.28. The topological polar surface area (TPSA) is 76.0 Å². The number of ether oxygens (including phenoxy) is 2. The van der Waals surface area contributed by atoms with Crippen molar-refractivity contribution in [3.05, 3.63) is 29.3 Å². The minimum absolute atomic E-state index is 0.219. The number of aliphatic carboxylic acids is 1. The normalized spacial score (nSPS) is 12.2. The summed E-state index contributed by atoms with van der Waals surface area (Å²) in [5.41, 5.74) is 0.909. The lowest BCUT2D eigenvalue weighted by Gasteiger charge is -2.13. The van der Waals surface area contributed by atoms with Gasteiger partial charge in [-0.15, -0.1) is 0 Å². The van der Waals surface area contributed by atoms with Gasteiger partial charge < -0.3 is 19.7 Å². The number of hydrogen-bond donors (Lipinski definition) is 2. The molecule has 0 bridgehead atoms. The Morgan fingerprint density at radius 2 is 2.12 bits per heavy atom. The van der Waals surface area contributed by atoms with E-state index in [1.54, 1.807) is 12.1 Å². The Balaban J connectivity index is 3.11. The van der Waals surface area contributed by atoms with Crippen molar-refractivity contribution in [3.63, 3.8) is 0 Å². The molecule has 0 saturated carbocycles. The Hall–Kier alpha value is -1.59. The van der Waals surface area contributed by atoms with Crippen LogP contribution in [0.3, 0.4) is 0 Å². The average molecular weight is 226 g/mol. The Labute approximate surface area is 93.2 Å². The van der Waals surface area contributed by atoms with Crippen LogP contribution in [-0.4, -0.2) is 30.4 Å². The van der Waals surface area contributed by atoms with Crippen molar-refractivity contribution in [1.82, 2.24) is 0 Å². The predicted molar refractivity (Wildman–Crippen MR) is 56.3 cm³/mol. The molecule has 0 heterocycles. The summed E-state index contributed by atoms with van der Waals surface area (Å²) in [5.74, 6) is -0.698. The first-order chi connectivity index (χ1) is 7.60. The molecule has 0 amide bonds.